The highest BCUT2D eigenvalue weighted by molar-refractivity contribution is 7.89. The van der Waals surface area contributed by atoms with Crippen molar-refractivity contribution in [3.05, 3.63) is 76.8 Å². The largest absolute Gasteiger partial charge is 0.241 e. The average Bonchev–Trinajstić information content (AvgIpc) is 2.54. The fourth-order valence-corrected chi connectivity index (χ4v) is 4.08. The molecule has 0 radical (unpaired) electrons. The lowest BCUT2D eigenvalue weighted by Gasteiger charge is -2.12. The number of aryl methyl sites for hydroxylation is 1. The number of nitrogens with one attached hydrogen (secondary N) is 1. The normalized spacial score (nSPS) is 11.7. The van der Waals surface area contributed by atoms with Crippen LogP contribution in [0.5, 0.6) is 0 Å². The van der Waals surface area contributed by atoms with Gasteiger partial charge in [-0.25, -0.2) is 13.1 Å². The van der Waals surface area contributed by atoms with Gasteiger partial charge in [0.1, 0.15) is 0 Å². The van der Waals surface area contributed by atoms with E-state index in [1.165, 1.54) is 0 Å². The van der Waals surface area contributed by atoms with Crippen molar-refractivity contribution in [2.24, 2.45) is 0 Å². The Kier molecular flexibility index (Phi) is 4.39. The molecule has 0 heterocycles. The molecule has 0 aliphatic heterocycles. The molecule has 118 valence electrons. The Morgan fingerprint density at radius 3 is 2.43 bits per heavy atom. The van der Waals surface area contributed by atoms with Gasteiger partial charge in [0.25, 0.3) is 0 Å². The molecule has 0 aliphatic carbocycles. The maximum absolute atomic E-state index is 12.7. The van der Waals surface area contributed by atoms with Crippen LogP contribution < -0.4 is 4.72 Å². The van der Waals surface area contributed by atoms with Crippen LogP contribution in [0.25, 0.3) is 10.8 Å². The predicted molar refractivity (Wildman–Crippen MR) is 94.2 cm³/mol. The van der Waals surface area contributed by atoms with E-state index in [1.807, 2.05) is 49.4 Å². The van der Waals surface area contributed by atoms with E-state index in [9.17, 15) is 8.42 Å². The van der Waals surface area contributed by atoms with E-state index in [4.69, 9.17) is 11.6 Å². The van der Waals surface area contributed by atoms with Crippen LogP contribution in [0.4, 0.5) is 0 Å². The third kappa shape index (κ3) is 3.24. The molecule has 3 nitrogen and oxygen atoms in total. The summed E-state index contributed by atoms with van der Waals surface area (Å²) in [6.45, 7) is 2.07. The van der Waals surface area contributed by atoms with Gasteiger partial charge in [0.15, 0.2) is 0 Å². The number of benzene rings is 3. The van der Waals surface area contributed by atoms with Gasteiger partial charge in [-0.1, -0.05) is 60.1 Å². The van der Waals surface area contributed by atoms with E-state index in [1.54, 1.807) is 18.2 Å². The fourth-order valence-electron chi connectivity index (χ4n) is 2.57. The van der Waals surface area contributed by atoms with E-state index in [0.717, 1.165) is 16.5 Å². The monoisotopic (exact) mass is 345 g/mol. The molecule has 0 aromatic heterocycles. The molecule has 5 heteroatoms. The number of fused-ring (bicyclic) bond motifs is 1. The quantitative estimate of drug-likeness (QED) is 0.767. The van der Waals surface area contributed by atoms with Crippen LogP contribution in [0.1, 0.15) is 11.1 Å². The summed E-state index contributed by atoms with van der Waals surface area (Å²) in [6, 6.07) is 18.2. The highest BCUT2D eigenvalue weighted by Gasteiger charge is 2.17. The van der Waals surface area contributed by atoms with Crippen molar-refractivity contribution in [2.45, 2.75) is 18.4 Å². The highest BCUT2D eigenvalue weighted by Crippen LogP contribution is 2.24. The lowest BCUT2D eigenvalue weighted by Crippen LogP contribution is -2.24. The second-order valence-corrected chi connectivity index (χ2v) is 7.48. The van der Waals surface area contributed by atoms with Gasteiger partial charge in [-0.2, -0.15) is 0 Å². The van der Waals surface area contributed by atoms with E-state index < -0.39 is 10.0 Å². The number of rotatable bonds is 4. The third-order valence-electron chi connectivity index (χ3n) is 3.83. The molecule has 23 heavy (non-hydrogen) atoms. The van der Waals surface area contributed by atoms with Gasteiger partial charge >= 0.3 is 0 Å². The summed E-state index contributed by atoms with van der Waals surface area (Å²) in [4.78, 5) is 0.278. The molecule has 0 amide bonds. The molecule has 3 aromatic carbocycles. The van der Waals surface area contributed by atoms with Crippen LogP contribution in [0.2, 0.25) is 5.02 Å². The zero-order valence-corrected chi connectivity index (χ0v) is 14.2. The van der Waals surface area contributed by atoms with Crippen molar-refractivity contribution in [1.29, 1.82) is 0 Å². The number of hydrogen-bond acceptors (Lipinski definition) is 2. The van der Waals surface area contributed by atoms with E-state index in [-0.39, 0.29) is 11.4 Å². The average molecular weight is 346 g/mol. The zero-order chi connectivity index (χ0) is 16.4. The molecule has 3 aromatic rings. The highest BCUT2D eigenvalue weighted by atomic mass is 35.5. The van der Waals surface area contributed by atoms with Crippen LogP contribution >= 0.6 is 11.6 Å². The first kappa shape index (κ1) is 16.0. The van der Waals surface area contributed by atoms with Crippen molar-refractivity contribution in [2.75, 3.05) is 0 Å². The molecule has 0 fully saturated rings. The lowest BCUT2D eigenvalue weighted by molar-refractivity contribution is 0.582. The fraction of sp³-hybridized carbons (Fsp3) is 0.111. The van der Waals surface area contributed by atoms with Crippen LogP contribution in [0, 0.1) is 6.92 Å². The van der Waals surface area contributed by atoms with Gasteiger partial charge in [0, 0.05) is 17.0 Å². The van der Waals surface area contributed by atoms with Crippen LogP contribution in [0.3, 0.4) is 0 Å². The molecule has 0 atom stereocenters. The lowest BCUT2D eigenvalue weighted by atomic mass is 10.1. The van der Waals surface area contributed by atoms with Gasteiger partial charge in [-0.05, 0) is 35.6 Å². The smallest absolute Gasteiger partial charge is 0.207 e. The molecule has 0 aliphatic rings. The van der Waals surface area contributed by atoms with E-state index >= 15 is 0 Å². The maximum atomic E-state index is 12.7. The van der Waals surface area contributed by atoms with Crippen LogP contribution in [0.15, 0.2) is 65.6 Å². The molecule has 0 spiro atoms. The summed E-state index contributed by atoms with van der Waals surface area (Å²) in [5.41, 5.74) is 1.75. The molecule has 0 bridgehead atoms. The minimum Gasteiger partial charge on any atom is -0.207 e. The minimum absolute atomic E-state index is 0.164. The topological polar surface area (TPSA) is 46.2 Å². The Labute approximate surface area is 141 Å². The van der Waals surface area contributed by atoms with E-state index in [0.29, 0.717) is 10.4 Å². The van der Waals surface area contributed by atoms with Gasteiger partial charge in [-0.3, -0.25) is 0 Å². The molecular formula is C18H16ClNO2S. The van der Waals surface area contributed by atoms with Gasteiger partial charge in [-0.15, -0.1) is 0 Å². The molecular weight excluding hydrogens is 330 g/mol. The van der Waals surface area contributed by atoms with Gasteiger partial charge in [0.2, 0.25) is 10.0 Å². The summed E-state index contributed by atoms with van der Waals surface area (Å²) in [7, 11) is -3.63. The van der Waals surface area contributed by atoms with E-state index in [2.05, 4.69) is 4.72 Å². The first-order valence-corrected chi connectivity index (χ1v) is 9.06. The molecule has 0 saturated carbocycles. The van der Waals surface area contributed by atoms with Crippen molar-refractivity contribution in [3.8, 4) is 0 Å². The van der Waals surface area contributed by atoms with Crippen LogP contribution in [-0.4, -0.2) is 8.42 Å². The second kappa shape index (κ2) is 6.32. The summed E-state index contributed by atoms with van der Waals surface area (Å²) in [6.07, 6.45) is 0. The maximum Gasteiger partial charge on any atom is 0.241 e. The van der Waals surface area contributed by atoms with Crippen molar-refractivity contribution in [3.63, 3.8) is 0 Å². The third-order valence-corrected chi connectivity index (χ3v) is 5.64. The summed E-state index contributed by atoms with van der Waals surface area (Å²) < 4.78 is 28.0. The van der Waals surface area contributed by atoms with Crippen molar-refractivity contribution in [1.82, 2.24) is 4.72 Å². The predicted octanol–water partition coefficient (Wildman–Crippen LogP) is 4.28. The number of halogens is 1. The Morgan fingerprint density at radius 2 is 1.65 bits per heavy atom. The molecule has 0 saturated heterocycles. The summed E-state index contributed by atoms with van der Waals surface area (Å²) >= 11 is 6.16. The molecule has 1 N–H and O–H groups in total. The Hall–Kier alpha value is -1.88. The van der Waals surface area contributed by atoms with Crippen LogP contribution in [-0.2, 0) is 16.6 Å². The summed E-state index contributed by atoms with van der Waals surface area (Å²) in [5, 5.41) is 2.16. The molecule has 3 rings (SSSR count). The zero-order valence-electron chi connectivity index (χ0n) is 12.6. The van der Waals surface area contributed by atoms with Gasteiger partial charge < -0.3 is 0 Å². The Morgan fingerprint density at radius 1 is 0.957 bits per heavy atom. The molecule has 0 unspecified atom stereocenters. The Bertz CT molecular complexity index is 942. The van der Waals surface area contributed by atoms with Crippen molar-refractivity contribution < 1.29 is 8.42 Å². The Balaban J connectivity index is 1.96. The number of sulfonamides is 1. The first-order chi connectivity index (χ1) is 11.0. The van der Waals surface area contributed by atoms with Gasteiger partial charge in [0.05, 0.1) is 4.90 Å². The first-order valence-electron chi connectivity index (χ1n) is 7.20. The minimum atomic E-state index is -3.63. The summed E-state index contributed by atoms with van der Waals surface area (Å²) in [5.74, 6) is 0. The second-order valence-electron chi connectivity index (χ2n) is 5.34. The van der Waals surface area contributed by atoms with Crippen molar-refractivity contribution >= 4 is 32.4 Å². The SMILES string of the molecule is Cc1cccc(Cl)c1CNS(=O)(=O)c1cccc2ccccc12. The number of hydrogen-bond donors (Lipinski definition) is 1. The standard InChI is InChI=1S/C18H16ClNO2S/c1-13-6-4-10-17(19)16(13)12-20-23(21,22)18-11-5-8-14-7-2-3-9-15(14)18/h2-11,20H,12H2,1H3.